The number of carbonyl (C=O) groups is 1. The van der Waals surface area contributed by atoms with Crippen molar-refractivity contribution in [2.24, 2.45) is 11.3 Å². The van der Waals surface area contributed by atoms with Crippen LogP contribution in [0.2, 0.25) is 0 Å². The van der Waals surface area contributed by atoms with Crippen LogP contribution in [-0.4, -0.2) is 17.7 Å². The van der Waals surface area contributed by atoms with Crippen LogP contribution in [-0.2, 0) is 20.9 Å². The van der Waals surface area contributed by atoms with Crippen LogP contribution in [0.15, 0.2) is 42.5 Å². The predicted octanol–water partition coefficient (Wildman–Crippen LogP) is 3.63. The third-order valence-corrected chi connectivity index (χ3v) is 5.82. The first-order valence-corrected chi connectivity index (χ1v) is 8.12. The number of carbonyl (C=O) groups excluding carboxylic acids is 1. The molecule has 1 aliphatic carbocycles. The Balaban J connectivity index is 1.69. The largest absolute Gasteiger partial charge is 0.345 e. The number of Topliss-reactive ketones (excluding diaryl/α,β-unsaturated/α-hetero) is 1. The van der Waals surface area contributed by atoms with Crippen LogP contribution in [0.5, 0.6) is 0 Å². The molecule has 1 aromatic carbocycles. The van der Waals surface area contributed by atoms with Gasteiger partial charge in [-0.15, -0.1) is 0 Å². The van der Waals surface area contributed by atoms with Crippen molar-refractivity contribution in [1.82, 2.24) is 0 Å². The molecule has 2 bridgehead atoms. The van der Waals surface area contributed by atoms with Crippen molar-refractivity contribution in [1.29, 1.82) is 0 Å². The van der Waals surface area contributed by atoms with Gasteiger partial charge in [0.2, 0.25) is 0 Å². The van der Waals surface area contributed by atoms with E-state index in [9.17, 15) is 4.79 Å². The molecule has 3 nitrogen and oxygen atoms in total. The molecule has 3 aliphatic rings. The molecule has 1 aromatic rings. The van der Waals surface area contributed by atoms with E-state index in [1.165, 1.54) is 0 Å². The number of benzene rings is 1. The number of ketones is 1. The van der Waals surface area contributed by atoms with E-state index in [-0.39, 0.29) is 17.8 Å². The van der Waals surface area contributed by atoms with Gasteiger partial charge in [-0.25, -0.2) is 0 Å². The van der Waals surface area contributed by atoms with E-state index in [0.717, 1.165) is 30.4 Å². The van der Waals surface area contributed by atoms with Crippen LogP contribution >= 0.6 is 0 Å². The van der Waals surface area contributed by atoms with Gasteiger partial charge in [-0.05, 0) is 31.7 Å². The van der Waals surface area contributed by atoms with E-state index in [1.54, 1.807) is 0 Å². The molecule has 0 spiro atoms. The monoisotopic (exact) mass is 298 g/mol. The van der Waals surface area contributed by atoms with Crippen LogP contribution in [0, 0.1) is 11.3 Å². The quantitative estimate of drug-likeness (QED) is 0.799. The van der Waals surface area contributed by atoms with E-state index in [0.29, 0.717) is 13.0 Å². The third-order valence-electron chi connectivity index (χ3n) is 5.82. The fourth-order valence-corrected chi connectivity index (χ4v) is 4.46. The van der Waals surface area contributed by atoms with Crippen molar-refractivity contribution >= 4 is 5.78 Å². The maximum Gasteiger partial charge on any atom is 0.188 e. The van der Waals surface area contributed by atoms with Gasteiger partial charge in [0, 0.05) is 12.3 Å². The summed E-state index contributed by atoms with van der Waals surface area (Å²) in [5.41, 5.74) is 1.70. The van der Waals surface area contributed by atoms with Crippen molar-refractivity contribution in [3.63, 3.8) is 0 Å². The molecule has 4 atom stereocenters. The molecule has 1 saturated carbocycles. The maximum absolute atomic E-state index is 12.7. The minimum atomic E-state index is -0.807. The highest BCUT2D eigenvalue weighted by Crippen LogP contribution is 2.62. The zero-order valence-corrected chi connectivity index (χ0v) is 13.0. The Kier molecular flexibility index (Phi) is 3.07. The summed E-state index contributed by atoms with van der Waals surface area (Å²) in [5, 5.41) is 0. The molecule has 0 radical (unpaired) electrons. The van der Waals surface area contributed by atoms with E-state index in [4.69, 9.17) is 9.47 Å². The number of fused-ring (bicyclic) bond motifs is 1. The van der Waals surface area contributed by atoms with Crippen LogP contribution in [0.3, 0.4) is 0 Å². The van der Waals surface area contributed by atoms with E-state index in [1.807, 2.05) is 37.3 Å². The highest BCUT2D eigenvalue weighted by Gasteiger charge is 2.69. The van der Waals surface area contributed by atoms with Gasteiger partial charge in [-0.1, -0.05) is 42.5 Å². The number of ether oxygens (including phenoxy) is 2. The van der Waals surface area contributed by atoms with E-state index in [2.05, 4.69) is 6.58 Å². The van der Waals surface area contributed by atoms with E-state index < -0.39 is 11.2 Å². The smallest absolute Gasteiger partial charge is 0.188 e. The average molecular weight is 298 g/mol. The molecule has 0 aromatic heterocycles. The van der Waals surface area contributed by atoms with Crippen LogP contribution < -0.4 is 0 Å². The molecule has 2 aliphatic heterocycles. The standard InChI is InChI=1S/C19H22O3/c1-13-10-15-8-9-18(2)17(20)11-16(13)19(18,22-15)21-12-14-6-4-3-5-7-14/h3-7,15-16H,1,8-12H2,2H3/t15?,16-,18?,19?/m1/s1. The summed E-state index contributed by atoms with van der Waals surface area (Å²) in [5.74, 6) is -0.532. The van der Waals surface area contributed by atoms with Gasteiger partial charge in [-0.3, -0.25) is 4.79 Å². The van der Waals surface area contributed by atoms with Gasteiger partial charge in [0.15, 0.2) is 5.79 Å². The lowest BCUT2D eigenvalue weighted by atomic mass is 9.69. The molecule has 22 heavy (non-hydrogen) atoms. The Hall–Kier alpha value is -1.45. The predicted molar refractivity (Wildman–Crippen MR) is 83.0 cm³/mol. The number of hydrogen-bond acceptors (Lipinski definition) is 3. The molecule has 2 heterocycles. The lowest BCUT2D eigenvalue weighted by Gasteiger charge is -2.54. The summed E-state index contributed by atoms with van der Waals surface area (Å²) < 4.78 is 12.7. The molecule has 3 heteroatoms. The van der Waals surface area contributed by atoms with Gasteiger partial charge in [0.25, 0.3) is 0 Å². The first-order chi connectivity index (χ1) is 10.6. The SMILES string of the molecule is C=C1CC2CCC3(C)C(=O)C[C@H]1C3(OCc1ccccc1)O2. The Morgan fingerprint density at radius 2 is 2.09 bits per heavy atom. The first kappa shape index (κ1) is 14.2. The van der Waals surface area contributed by atoms with Gasteiger partial charge >= 0.3 is 0 Å². The summed E-state index contributed by atoms with van der Waals surface area (Å²) in [6.45, 7) is 6.72. The third kappa shape index (κ3) is 1.79. The van der Waals surface area contributed by atoms with Gasteiger partial charge in [-0.2, -0.15) is 0 Å². The molecule has 0 amide bonds. The molecule has 4 rings (SSSR count). The summed E-state index contributed by atoms with van der Waals surface area (Å²) >= 11 is 0. The van der Waals surface area contributed by atoms with Gasteiger partial charge in [0.05, 0.1) is 18.1 Å². The fraction of sp³-hybridized carbons (Fsp3) is 0.526. The second kappa shape index (κ2) is 4.77. The summed E-state index contributed by atoms with van der Waals surface area (Å²) in [4.78, 5) is 12.7. The van der Waals surface area contributed by atoms with Crippen molar-refractivity contribution in [3.05, 3.63) is 48.0 Å². The molecule has 3 unspecified atom stereocenters. The molecule has 2 saturated heterocycles. The lowest BCUT2D eigenvalue weighted by Crippen LogP contribution is -2.60. The van der Waals surface area contributed by atoms with Crippen LogP contribution in [0.25, 0.3) is 0 Å². The van der Waals surface area contributed by atoms with Crippen molar-refractivity contribution in [2.45, 2.75) is 51.1 Å². The van der Waals surface area contributed by atoms with Crippen LogP contribution in [0.4, 0.5) is 0 Å². The average Bonchev–Trinajstić information content (AvgIpc) is 2.78. The summed E-state index contributed by atoms with van der Waals surface area (Å²) in [6.07, 6.45) is 3.30. The normalized spacial score (nSPS) is 40.0. The van der Waals surface area contributed by atoms with Crippen LogP contribution in [0.1, 0.15) is 38.2 Å². The fourth-order valence-electron chi connectivity index (χ4n) is 4.46. The van der Waals surface area contributed by atoms with Crippen molar-refractivity contribution in [3.8, 4) is 0 Å². The Morgan fingerprint density at radius 3 is 2.86 bits per heavy atom. The Bertz CT molecular complexity index is 623. The Labute approximate surface area is 131 Å². The molecule has 3 fully saturated rings. The molecular formula is C19H22O3. The second-order valence-electron chi connectivity index (χ2n) is 7.09. The minimum absolute atomic E-state index is 0.00487. The second-order valence-corrected chi connectivity index (χ2v) is 7.09. The maximum atomic E-state index is 12.7. The zero-order chi connectivity index (χ0) is 15.4. The topological polar surface area (TPSA) is 35.5 Å². The van der Waals surface area contributed by atoms with Crippen molar-refractivity contribution in [2.75, 3.05) is 0 Å². The van der Waals surface area contributed by atoms with E-state index >= 15 is 0 Å². The number of rotatable bonds is 3. The number of hydrogen-bond donors (Lipinski definition) is 0. The molecule has 116 valence electrons. The Morgan fingerprint density at radius 1 is 1.32 bits per heavy atom. The highest BCUT2D eigenvalue weighted by molar-refractivity contribution is 5.89. The molecular weight excluding hydrogens is 276 g/mol. The van der Waals surface area contributed by atoms with Gasteiger partial charge < -0.3 is 9.47 Å². The summed E-state index contributed by atoms with van der Waals surface area (Å²) in [6, 6.07) is 10.1. The minimum Gasteiger partial charge on any atom is -0.345 e. The lowest BCUT2D eigenvalue weighted by molar-refractivity contribution is -0.347. The summed E-state index contributed by atoms with van der Waals surface area (Å²) in [7, 11) is 0. The van der Waals surface area contributed by atoms with Crippen molar-refractivity contribution < 1.29 is 14.3 Å². The highest BCUT2D eigenvalue weighted by atomic mass is 16.7. The first-order valence-electron chi connectivity index (χ1n) is 8.12. The zero-order valence-electron chi connectivity index (χ0n) is 13.0. The molecule has 0 N–H and O–H groups in total. The van der Waals surface area contributed by atoms with Gasteiger partial charge in [0.1, 0.15) is 5.78 Å².